The molecule has 1 aliphatic rings. The fourth-order valence-electron chi connectivity index (χ4n) is 1.23. The number of aliphatic hydroxyl groups excluding tert-OH is 1. The number of hydrogen-bond acceptors (Lipinski definition) is 3. The highest BCUT2D eigenvalue weighted by molar-refractivity contribution is 4.70. The molecule has 1 aliphatic heterocycles. The zero-order valence-corrected chi connectivity index (χ0v) is 8.53. The molecule has 3 unspecified atom stereocenters. The van der Waals surface area contributed by atoms with E-state index >= 15 is 0 Å². The zero-order chi connectivity index (χ0) is 9.68. The lowest BCUT2D eigenvalue weighted by molar-refractivity contribution is 0.00445. The quantitative estimate of drug-likeness (QED) is 0.613. The second-order valence-electron chi connectivity index (χ2n) is 3.62. The van der Waals surface area contributed by atoms with Crippen LogP contribution in [0, 0.1) is 0 Å². The first-order valence-electron chi connectivity index (χ1n) is 5.17. The van der Waals surface area contributed by atoms with Gasteiger partial charge >= 0.3 is 0 Å². The lowest BCUT2D eigenvalue weighted by atomic mass is 10.1. The van der Waals surface area contributed by atoms with Gasteiger partial charge in [-0.2, -0.15) is 0 Å². The average molecular weight is 188 g/mol. The van der Waals surface area contributed by atoms with Crippen LogP contribution in [-0.2, 0) is 9.47 Å². The highest BCUT2D eigenvalue weighted by Gasteiger charge is 2.24. The molecule has 0 spiro atoms. The van der Waals surface area contributed by atoms with Gasteiger partial charge in [-0.25, -0.2) is 0 Å². The molecule has 1 saturated heterocycles. The van der Waals surface area contributed by atoms with Crippen molar-refractivity contribution in [1.82, 2.24) is 0 Å². The molecular formula is C10H20O3. The van der Waals surface area contributed by atoms with Crippen LogP contribution < -0.4 is 0 Å². The molecule has 3 nitrogen and oxygen atoms in total. The molecule has 3 atom stereocenters. The molecule has 13 heavy (non-hydrogen) atoms. The summed E-state index contributed by atoms with van der Waals surface area (Å²) in [5, 5.41) is 9.43. The van der Waals surface area contributed by atoms with Gasteiger partial charge in [0, 0.05) is 0 Å². The van der Waals surface area contributed by atoms with Gasteiger partial charge in [-0.05, 0) is 19.3 Å². The van der Waals surface area contributed by atoms with Crippen molar-refractivity contribution >= 4 is 0 Å². The van der Waals surface area contributed by atoms with Crippen LogP contribution in [0.5, 0.6) is 0 Å². The molecule has 0 aromatic heterocycles. The molecule has 0 aromatic carbocycles. The Balaban J connectivity index is 2.08. The molecule has 1 N–H and O–H groups in total. The van der Waals surface area contributed by atoms with E-state index < -0.39 is 0 Å². The van der Waals surface area contributed by atoms with Crippen LogP contribution in [0.4, 0.5) is 0 Å². The van der Waals surface area contributed by atoms with Crippen molar-refractivity contribution in [3.8, 4) is 0 Å². The Morgan fingerprint density at radius 3 is 2.62 bits per heavy atom. The molecular weight excluding hydrogens is 168 g/mol. The first-order valence-corrected chi connectivity index (χ1v) is 5.17. The molecule has 0 amide bonds. The SMILES string of the molecule is CCC(O)CC(CC)OCC1CO1. The van der Waals surface area contributed by atoms with Gasteiger partial charge in [0.2, 0.25) is 0 Å². The van der Waals surface area contributed by atoms with Gasteiger partial charge in [-0.15, -0.1) is 0 Å². The van der Waals surface area contributed by atoms with Gasteiger partial charge < -0.3 is 14.6 Å². The Labute approximate surface area is 80.0 Å². The molecule has 0 aliphatic carbocycles. The third kappa shape index (κ3) is 4.60. The van der Waals surface area contributed by atoms with Crippen molar-refractivity contribution in [2.45, 2.75) is 51.4 Å². The van der Waals surface area contributed by atoms with E-state index in [9.17, 15) is 5.11 Å². The Bertz CT molecular complexity index is 134. The minimum Gasteiger partial charge on any atom is -0.393 e. The van der Waals surface area contributed by atoms with E-state index in [0.717, 1.165) is 25.9 Å². The molecule has 1 rings (SSSR count). The Kier molecular flexibility index (Phi) is 4.70. The van der Waals surface area contributed by atoms with E-state index in [-0.39, 0.29) is 12.2 Å². The van der Waals surface area contributed by atoms with Crippen LogP contribution in [0.1, 0.15) is 33.1 Å². The van der Waals surface area contributed by atoms with Crippen LogP contribution in [0.25, 0.3) is 0 Å². The number of epoxide rings is 1. The lowest BCUT2D eigenvalue weighted by Crippen LogP contribution is -2.21. The molecule has 0 radical (unpaired) electrons. The number of aliphatic hydroxyl groups is 1. The summed E-state index contributed by atoms with van der Waals surface area (Å²) in [6.07, 6.45) is 2.82. The molecule has 1 heterocycles. The number of rotatable bonds is 7. The highest BCUT2D eigenvalue weighted by atomic mass is 16.6. The van der Waals surface area contributed by atoms with E-state index in [4.69, 9.17) is 9.47 Å². The van der Waals surface area contributed by atoms with Crippen LogP contribution in [0.3, 0.4) is 0 Å². The van der Waals surface area contributed by atoms with E-state index in [1.54, 1.807) is 0 Å². The summed E-state index contributed by atoms with van der Waals surface area (Å²) in [7, 11) is 0. The number of ether oxygens (including phenoxy) is 2. The van der Waals surface area contributed by atoms with Gasteiger partial charge in [0.1, 0.15) is 6.10 Å². The molecule has 3 heteroatoms. The maximum Gasteiger partial charge on any atom is 0.104 e. The lowest BCUT2D eigenvalue weighted by Gasteiger charge is -2.18. The first kappa shape index (κ1) is 11.0. The van der Waals surface area contributed by atoms with Gasteiger partial charge in [-0.3, -0.25) is 0 Å². The summed E-state index contributed by atoms with van der Waals surface area (Å²) < 4.78 is 10.6. The average Bonchev–Trinajstić information content (AvgIpc) is 2.95. The van der Waals surface area contributed by atoms with E-state index in [1.807, 2.05) is 6.92 Å². The third-order valence-corrected chi connectivity index (χ3v) is 2.38. The maximum absolute atomic E-state index is 9.43. The van der Waals surface area contributed by atoms with Crippen molar-refractivity contribution < 1.29 is 14.6 Å². The molecule has 78 valence electrons. The standard InChI is InChI=1S/C10H20O3/c1-3-8(11)5-9(4-2)12-6-10-7-13-10/h8-11H,3-7H2,1-2H3. The van der Waals surface area contributed by atoms with Crippen LogP contribution in [-0.4, -0.2) is 36.6 Å². The summed E-state index contributed by atoms with van der Waals surface area (Å²) in [5.41, 5.74) is 0. The van der Waals surface area contributed by atoms with Gasteiger partial charge in [0.25, 0.3) is 0 Å². The zero-order valence-electron chi connectivity index (χ0n) is 8.53. The summed E-state index contributed by atoms with van der Waals surface area (Å²) in [6.45, 7) is 5.60. The Morgan fingerprint density at radius 1 is 1.46 bits per heavy atom. The fraction of sp³-hybridized carbons (Fsp3) is 1.00. The molecule has 0 bridgehead atoms. The second kappa shape index (κ2) is 5.58. The van der Waals surface area contributed by atoms with Crippen molar-refractivity contribution in [3.63, 3.8) is 0 Å². The van der Waals surface area contributed by atoms with Crippen molar-refractivity contribution in [2.24, 2.45) is 0 Å². The Morgan fingerprint density at radius 2 is 2.15 bits per heavy atom. The van der Waals surface area contributed by atoms with Gasteiger partial charge in [-0.1, -0.05) is 13.8 Å². The topological polar surface area (TPSA) is 42.0 Å². The molecule has 0 aromatic rings. The smallest absolute Gasteiger partial charge is 0.104 e. The van der Waals surface area contributed by atoms with Crippen molar-refractivity contribution in [3.05, 3.63) is 0 Å². The third-order valence-electron chi connectivity index (χ3n) is 2.38. The monoisotopic (exact) mass is 188 g/mol. The molecule has 1 fully saturated rings. The minimum atomic E-state index is -0.218. The summed E-state index contributed by atoms with van der Waals surface area (Å²) >= 11 is 0. The van der Waals surface area contributed by atoms with Crippen LogP contribution >= 0.6 is 0 Å². The summed E-state index contributed by atoms with van der Waals surface area (Å²) in [5.74, 6) is 0. The van der Waals surface area contributed by atoms with Gasteiger partial charge in [0.15, 0.2) is 0 Å². The predicted octanol–water partition coefficient (Wildman–Crippen LogP) is 1.34. The highest BCUT2D eigenvalue weighted by Crippen LogP contribution is 2.14. The Hall–Kier alpha value is -0.120. The number of hydrogen-bond donors (Lipinski definition) is 1. The largest absolute Gasteiger partial charge is 0.393 e. The predicted molar refractivity (Wildman–Crippen MR) is 50.7 cm³/mol. The van der Waals surface area contributed by atoms with Crippen molar-refractivity contribution in [1.29, 1.82) is 0 Å². The van der Waals surface area contributed by atoms with Gasteiger partial charge in [0.05, 0.1) is 25.4 Å². The van der Waals surface area contributed by atoms with E-state index in [1.165, 1.54) is 0 Å². The van der Waals surface area contributed by atoms with Crippen LogP contribution in [0.2, 0.25) is 0 Å². The van der Waals surface area contributed by atoms with E-state index in [0.29, 0.717) is 12.7 Å². The normalized spacial score (nSPS) is 25.6. The molecule has 0 saturated carbocycles. The minimum absolute atomic E-state index is 0.194. The van der Waals surface area contributed by atoms with Crippen LogP contribution in [0.15, 0.2) is 0 Å². The summed E-state index contributed by atoms with van der Waals surface area (Å²) in [4.78, 5) is 0. The van der Waals surface area contributed by atoms with Crippen molar-refractivity contribution in [2.75, 3.05) is 13.2 Å². The van der Waals surface area contributed by atoms with E-state index in [2.05, 4.69) is 6.92 Å². The maximum atomic E-state index is 9.43. The summed E-state index contributed by atoms with van der Waals surface area (Å²) in [6, 6.07) is 0. The first-order chi connectivity index (χ1) is 6.26. The second-order valence-corrected chi connectivity index (χ2v) is 3.62. The fourth-order valence-corrected chi connectivity index (χ4v) is 1.23.